The number of aromatic nitrogens is 6. The maximum absolute atomic E-state index is 5.71. The van der Waals surface area contributed by atoms with Crippen molar-refractivity contribution in [2.45, 2.75) is 32.4 Å². The van der Waals surface area contributed by atoms with Crippen LogP contribution in [0.1, 0.15) is 0 Å². The lowest BCUT2D eigenvalue weighted by atomic mass is 10.5. The van der Waals surface area contributed by atoms with E-state index in [4.69, 9.17) is 4.74 Å². The Labute approximate surface area is 149 Å². The highest BCUT2D eigenvalue weighted by Crippen LogP contribution is 2.19. The van der Waals surface area contributed by atoms with Gasteiger partial charge in [-0.2, -0.15) is 4.98 Å². The SMILES string of the molecule is C[Si](C)(C)CCOCn1nncc1Nc1nc2c(Br)cccn2n1. The van der Waals surface area contributed by atoms with Crippen LogP contribution >= 0.6 is 15.9 Å². The largest absolute Gasteiger partial charge is 0.359 e. The van der Waals surface area contributed by atoms with Gasteiger partial charge in [-0.15, -0.1) is 10.2 Å². The van der Waals surface area contributed by atoms with Gasteiger partial charge in [-0.05, 0) is 34.1 Å². The van der Waals surface area contributed by atoms with E-state index in [1.807, 2.05) is 18.3 Å². The number of nitrogens with one attached hydrogen (secondary N) is 1. The van der Waals surface area contributed by atoms with E-state index < -0.39 is 8.07 Å². The zero-order valence-electron chi connectivity index (χ0n) is 13.9. The summed E-state index contributed by atoms with van der Waals surface area (Å²) < 4.78 is 9.95. The van der Waals surface area contributed by atoms with E-state index in [0.717, 1.165) is 22.8 Å². The molecule has 0 fully saturated rings. The van der Waals surface area contributed by atoms with Crippen LogP contribution in [0.25, 0.3) is 5.65 Å². The Hall–Kier alpha value is -1.78. The monoisotopic (exact) mass is 409 g/mol. The molecule has 1 N–H and O–H groups in total. The van der Waals surface area contributed by atoms with Crippen LogP contribution in [-0.4, -0.2) is 44.3 Å². The molecule has 0 bridgehead atoms. The second kappa shape index (κ2) is 6.99. The molecule has 0 saturated carbocycles. The number of fused-ring (bicyclic) bond motifs is 1. The normalized spacial score (nSPS) is 12.0. The van der Waals surface area contributed by atoms with Crippen molar-refractivity contribution >= 4 is 41.4 Å². The fraction of sp³-hybridized carbons (Fsp3) is 0.429. The Morgan fingerprint density at radius 3 is 2.92 bits per heavy atom. The molecule has 8 nitrogen and oxygen atoms in total. The van der Waals surface area contributed by atoms with Gasteiger partial charge in [0.1, 0.15) is 6.73 Å². The first kappa shape index (κ1) is 17.1. The number of nitrogens with zero attached hydrogens (tertiary/aromatic N) is 6. The van der Waals surface area contributed by atoms with Crippen LogP contribution in [0.15, 0.2) is 29.0 Å². The van der Waals surface area contributed by atoms with Gasteiger partial charge in [0.2, 0.25) is 5.95 Å². The molecule has 0 unspecified atom stereocenters. The van der Waals surface area contributed by atoms with Crippen LogP contribution in [-0.2, 0) is 11.5 Å². The molecule has 0 aliphatic heterocycles. The summed E-state index contributed by atoms with van der Waals surface area (Å²) in [5, 5.41) is 15.5. The van der Waals surface area contributed by atoms with Crippen LogP contribution < -0.4 is 5.32 Å². The molecule has 3 aromatic heterocycles. The van der Waals surface area contributed by atoms with Crippen molar-refractivity contribution in [2.24, 2.45) is 0 Å². The van der Waals surface area contributed by atoms with Gasteiger partial charge < -0.3 is 10.1 Å². The molecule has 128 valence electrons. The summed E-state index contributed by atoms with van der Waals surface area (Å²) in [5.41, 5.74) is 0.741. The summed E-state index contributed by atoms with van der Waals surface area (Å²) in [6.45, 7) is 8.06. The Bertz CT molecular complexity index is 826. The molecule has 0 spiro atoms. The van der Waals surface area contributed by atoms with Gasteiger partial charge in [-0.1, -0.05) is 24.9 Å². The van der Waals surface area contributed by atoms with Gasteiger partial charge in [0.05, 0.1) is 10.7 Å². The topological polar surface area (TPSA) is 82.2 Å². The fourth-order valence-corrected chi connectivity index (χ4v) is 3.20. The third-order valence-corrected chi connectivity index (χ3v) is 5.71. The summed E-state index contributed by atoms with van der Waals surface area (Å²) in [4.78, 5) is 4.45. The fourth-order valence-electron chi connectivity index (χ4n) is 2.02. The predicted molar refractivity (Wildman–Crippen MR) is 98.1 cm³/mol. The van der Waals surface area contributed by atoms with E-state index in [2.05, 4.69) is 61.3 Å². The maximum Gasteiger partial charge on any atom is 0.248 e. The molecule has 0 aliphatic rings. The molecule has 3 heterocycles. The highest BCUT2D eigenvalue weighted by molar-refractivity contribution is 9.10. The highest BCUT2D eigenvalue weighted by Gasteiger charge is 2.13. The van der Waals surface area contributed by atoms with Crippen molar-refractivity contribution < 1.29 is 4.74 Å². The number of halogens is 1. The second-order valence-corrected chi connectivity index (χ2v) is 13.1. The summed E-state index contributed by atoms with van der Waals surface area (Å²) in [5.74, 6) is 1.17. The summed E-state index contributed by atoms with van der Waals surface area (Å²) in [6, 6.07) is 4.94. The van der Waals surface area contributed by atoms with Crippen molar-refractivity contribution in [3.05, 3.63) is 29.0 Å². The van der Waals surface area contributed by atoms with Gasteiger partial charge in [0.25, 0.3) is 0 Å². The van der Waals surface area contributed by atoms with E-state index in [1.54, 1.807) is 15.4 Å². The Balaban J connectivity index is 1.65. The quantitative estimate of drug-likeness (QED) is 0.476. The zero-order chi connectivity index (χ0) is 17.2. The number of pyridine rings is 1. The Morgan fingerprint density at radius 1 is 1.33 bits per heavy atom. The molecule has 0 aliphatic carbocycles. The highest BCUT2D eigenvalue weighted by atomic mass is 79.9. The number of rotatable bonds is 7. The van der Waals surface area contributed by atoms with E-state index in [-0.39, 0.29) is 0 Å². The standard InChI is InChI=1S/C14H20BrN7OSi/c1-24(2,3)8-7-23-10-22-12(9-16-20-22)17-14-18-13-11(15)5-4-6-21(13)19-14/h4-6,9H,7-8,10H2,1-3H3,(H,17,19). The molecule has 3 rings (SSSR count). The number of ether oxygens (including phenoxy) is 1. The number of hydrogen-bond donors (Lipinski definition) is 1. The molecule has 0 saturated heterocycles. The van der Waals surface area contributed by atoms with Crippen LogP contribution in [0, 0.1) is 0 Å². The minimum absolute atomic E-state index is 0.351. The van der Waals surface area contributed by atoms with Gasteiger partial charge in [-0.3, -0.25) is 0 Å². The lowest BCUT2D eigenvalue weighted by Crippen LogP contribution is -2.22. The van der Waals surface area contributed by atoms with Crippen LogP contribution in [0.2, 0.25) is 25.7 Å². The first-order valence-corrected chi connectivity index (χ1v) is 12.2. The average Bonchev–Trinajstić information content (AvgIpc) is 3.10. The zero-order valence-corrected chi connectivity index (χ0v) is 16.5. The lowest BCUT2D eigenvalue weighted by Gasteiger charge is -2.15. The van der Waals surface area contributed by atoms with Crippen molar-refractivity contribution in [3.63, 3.8) is 0 Å². The van der Waals surface area contributed by atoms with Gasteiger partial charge in [0.15, 0.2) is 11.5 Å². The van der Waals surface area contributed by atoms with Crippen LogP contribution in [0.5, 0.6) is 0 Å². The Morgan fingerprint density at radius 2 is 2.17 bits per heavy atom. The van der Waals surface area contributed by atoms with E-state index in [0.29, 0.717) is 18.5 Å². The molecule has 0 aromatic carbocycles. The first-order chi connectivity index (χ1) is 11.4. The molecule has 0 amide bonds. The average molecular weight is 410 g/mol. The molecule has 24 heavy (non-hydrogen) atoms. The smallest absolute Gasteiger partial charge is 0.248 e. The molecular weight excluding hydrogens is 390 g/mol. The minimum atomic E-state index is -1.09. The molecule has 10 heteroatoms. The second-order valence-electron chi connectivity index (χ2n) is 6.65. The van der Waals surface area contributed by atoms with Gasteiger partial charge in [-0.25, -0.2) is 9.20 Å². The van der Waals surface area contributed by atoms with Crippen molar-refractivity contribution in [3.8, 4) is 0 Å². The molecule has 0 atom stereocenters. The first-order valence-electron chi connectivity index (χ1n) is 7.66. The predicted octanol–water partition coefficient (Wildman–Crippen LogP) is 3.14. The molecule has 3 aromatic rings. The van der Waals surface area contributed by atoms with Crippen molar-refractivity contribution in [1.29, 1.82) is 0 Å². The van der Waals surface area contributed by atoms with Gasteiger partial charge in [0, 0.05) is 20.9 Å². The minimum Gasteiger partial charge on any atom is -0.359 e. The van der Waals surface area contributed by atoms with Crippen LogP contribution in [0.3, 0.4) is 0 Å². The molecule has 0 radical (unpaired) electrons. The Kier molecular flexibility index (Phi) is 4.97. The molecular formula is C14H20BrN7OSi. The van der Waals surface area contributed by atoms with E-state index in [9.17, 15) is 0 Å². The van der Waals surface area contributed by atoms with E-state index in [1.165, 1.54) is 0 Å². The summed E-state index contributed by atoms with van der Waals surface area (Å²) in [7, 11) is -1.09. The number of anilines is 2. The number of hydrogen-bond acceptors (Lipinski definition) is 6. The maximum atomic E-state index is 5.71. The van der Waals surface area contributed by atoms with Crippen molar-refractivity contribution in [1.82, 2.24) is 29.6 Å². The third-order valence-electron chi connectivity index (χ3n) is 3.38. The van der Waals surface area contributed by atoms with Crippen LogP contribution in [0.4, 0.5) is 11.8 Å². The third kappa shape index (κ3) is 4.19. The van der Waals surface area contributed by atoms with Gasteiger partial charge >= 0.3 is 0 Å². The lowest BCUT2D eigenvalue weighted by molar-refractivity contribution is 0.0787. The van der Waals surface area contributed by atoms with Crippen molar-refractivity contribution in [2.75, 3.05) is 11.9 Å². The van der Waals surface area contributed by atoms with E-state index >= 15 is 0 Å². The summed E-state index contributed by atoms with van der Waals surface area (Å²) >= 11 is 3.46. The summed E-state index contributed by atoms with van der Waals surface area (Å²) in [6.07, 6.45) is 3.47.